The van der Waals surface area contributed by atoms with E-state index in [1.165, 1.54) is 42.4 Å². The van der Waals surface area contributed by atoms with Crippen LogP contribution in [0.25, 0.3) is 10.9 Å². The molecular weight excluding hydrogens is 454 g/mol. The van der Waals surface area contributed by atoms with Gasteiger partial charge in [0, 0.05) is 35.7 Å². The molecule has 5 nitrogen and oxygen atoms in total. The number of piperidine rings is 1. The van der Waals surface area contributed by atoms with Crippen molar-refractivity contribution in [1.29, 1.82) is 5.26 Å². The molecule has 0 saturated carbocycles. The molecule has 1 aliphatic heterocycles. The van der Waals surface area contributed by atoms with E-state index in [9.17, 15) is 5.26 Å². The minimum Gasteiger partial charge on any atom is -0.374 e. The van der Waals surface area contributed by atoms with Gasteiger partial charge in [-0.3, -0.25) is 0 Å². The fourth-order valence-electron chi connectivity index (χ4n) is 4.70. The molecule has 37 heavy (non-hydrogen) atoms. The molecule has 0 aliphatic carbocycles. The fourth-order valence-corrected chi connectivity index (χ4v) is 4.70. The van der Waals surface area contributed by atoms with Gasteiger partial charge in [0.2, 0.25) is 0 Å². The molecule has 0 unspecified atom stereocenters. The number of fused-ring (bicyclic) bond motifs is 1. The van der Waals surface area contributed by atoms with Crippen LogP contribution in [-0.4, -0.2) is 42.2 Å². The van der Waals surface area contributed by atoms with Crippen molar-refractivity contribution in [1.82, 2.24) is 14.8 Å². The minimum absolute atomic E-state index is 0.477. The molecule has 2 aromatic carbocycles. The maximum atomic E-state index is 9.31. The summed E-state index contributed by atoms with van der Waals surface area (Å²) in [7, 11) is 2.20. The summed E-state index contributed by atoms with van der Waals surface area (Å²) in [5, 5.41) is 17.7. The van der Waals surface area contributed by atoms with Crippen molar-refractivity contribution >= 4 is 16.6 Å². The van der Waals surface area contributed by atoms with Crippen LogP contribution in [-0.2, 0) is 18.5 Å². The third-order valence-corrected chi connectivity index (χ3v) is 7.08. The Morgan fingerprint density at radius 1 is 1.03 bits per heavy atom. The van der Waals surface area contributed by atoms with Gasteiger partial charge in [-0.05, 0) is 101 Å². The van der Waals surface area contributed by atoms with Crippen molar-refractivity contribution < 1.29 is 0 Å². The van der Waals surface area contributed by atoms with Crippen molar-refractivity contribution in [2.24, 2.45) is 0 Å². The van der Waals surface area contributed by atoms with Crippen LogP contribution in [0.5, 0.6) is 0 Å². The quantitative estimate of drug-likeness (QED) is 0.385. The van der Waals surface area contributed by atoms with Gasteiger partial charge in [-0.15, -0.1) is 0 Å². The lowest BCUT2D eigenvalue weighted by Crippen LogP contribution is -2.40. The van der Waals surface area contributed by atoms with E-state index in [1.54, 1.807) is 0 Å². The molecule has 4 rings (SSSR count). The van der Waals surface area contributed by atoms with Gasteiger partial charge in [-0.1, -0.05) is 38.0 Å². The van der Waals surface area contributed by atoms with Crippen molar-refractivity contribution in [3.63, 3.8) is 0 Å². The van der Waals surface area contributed by atoms with E-state index in [2.05, 4.69) is 76.2 Å². The molecule has 2 N–H and O–H groups in total. The van der Waals surface area contributed by atoms with Gasteiger partial charge >= 0.3 is 0 Å². The lowest BCUT2D eigenvalue weighted by Gasteiger charge is -2.29. The molecule has 0 amide bonds. The molecule has 196 valence electrons. The summed E-state index contributed by atoms with van der Waals surface area (Å²) in [6, 6.07) is 20.0. The number of hydrogen-bond donors (Lipinski definition) is 2. The van der Waals surface area contributed by atoms with Crippen molar-refractivity contribution in [3.8, 4) is 17.9 Å². The topological polar surface area (TPSA) is 56.0 Å². The van der Waals surface area contributed by atoms with E-state index in [4.69, 9.17) is 0 Å². The van der Waals surface area contributed by atoms with Gasteiger partial charge in [-0.25, -0.2) is 0 Å². The predicted molar refractivity (Wildman–Crippen MR) is 157 cm³/mol. The third-order valence-electron chi connectivity index (χ3n) is 7.08. The average molecular weight is 498 g/mol. The molecular formula is C32H43N5. The first-order chi connectivity index (χ1) is 17.9. The zero-order valence-electron chi connectivity index (χ0n) is 23.5. The van der Waals surface area contributed by atoms with Crippen LogP contribution in [0.3, 0.4) is 0 Å². The molecule has 0 radical (unpaired) electrons. The van der Waals surface area contributed by atoms with E-state index in [-0.39, 0.29) is 0 Å². The van der Waals surface area contributed by atoms with E-state index < -0.39 is 5.41 Å². The van der Waals surface area contributed by atoms with Crippen molar-refractivity contribution in [2.75, 3.05) is 32.0 Å². The number of nitrogens with zero attached hydrogens (tertiary/aromatic N) is 3. The number of likely N-dealkylation sites (tertiary alicyclic amines) is 1. The Balaban J connectivity index is 0.00000186. The van der Waals surface area contributed by atoms with Crippen LogP contribution < -0.4 is 10.6 Å². The zero-order valence-corrected chi connectivity index (χ0v) is 23.5. The summed E-state index contributed by atoms with van der Waals surface area (Å²) in [6.07, 6.45) is 2.45. The molecule has 5 heteroatoms. The SMILES string of the molecule is CC.CCn1c(C#CCNc2ccc(C(C)(C)C#N)cc2)cc2cc(CNC3CCN(C)CC3)ccc21. The fraction of sp³-hybridized carbons (Fsp3) is 0.469. The van der Waals surface area contributed by atoms with Crippen LogP contribution >= 0.6 is 0 Å². The van der Waals surface area contributed by atoms with E-state index >= 15 is 0 Å². The van der Waals surface area contributed by atoms with Crippen molar-refractivity contribution in [2.45, 2.75) is 72.0 Å². The number of nitrogens with one attached hydrogen (secondary N) is 2. The molecule has 1 aromatic heterocycles. The Morgan fingerprint density at radius 2 is 1.73 bits per heavy atom. The van der Waals surface area contributed by atoms with Crippen molar-refractivity contribution in [3.05, 3.63) is 65.4 Å². The summed E-state index contributed by atoms with van der Waals surface area (Å²) in [4.78, 5) is 2.41. The minimum atomic E-state index is -0.477. The molecule has 0 spiro atoms. The van der Waals surface area contributed by atoms with E-state index in [1.807, 2.05) is 52.0 Å². The summed E-state index contributed by atoms with van der Waals surface area (Å²) in [5.41, 5.74) is 5.17. The first kappa shape index (κ1) is 28.3. The lowest BCUT2D eigenvalue weighted by atomic mass is 9.86. The number of nitriles is 1. The second kappa shape index (κ2) is 13.3. The van der Waals surface area contributed by atoms with E-state index in [0.29, 0.717) is 12.6 Å². The Labute approximate surface area is 223 Å². The normalized spacial score (nSPS) is 14.3. The Morgan fingerprint density at radius 3 is 2.38 bits per heavy atom. The number of anilines is 1. The number of aryl methyl sites for hydroxylation is 1. The Hall–Kier alpha value is -3.25. The third kappa shape index (κ3) is 7.39. The Kier molecular flexibility index (Phi) is 10.2. The van der Waals surface area contributed by atoms with Crippen LogP contribution in [0.2, 0.25) is 0 Å². The number of hydrogen-bond acceptors (Lipinski definition) is 4. The van der Waals surface area contributed by atoms with Gasteiger partial charge < -0.3 is 20.1 Å². The highest BCUT2D eigenvalue weighted by molar-refractivity contribution is 5.83. The van der Waals surface area contributed by atoms with Gasteiger partial charge in [0.05, 0.1) is 23.7 Å². The number of rotatable bonds is 7. The monoisotopic (exact) mass is 497 g/mol. The summed E-state index contributed by atoms with van der Waals surface area (Å²) < 4.78 is 2.29. The van der Waals surface area contributed by atoms with Gasteiger partial charge in [0.1, 0.15) is 0 Å². The van der Waals surface area contributed by atoms with E-state index in [0.717, 1.165) is 30.0 Å². The standard InChI is InChI=1S/C30H37N5.C2H6/c1-5-35-28(7-6-16-32-26-11-9-25(10-12-26)30(2,3)22-31)20-24-19-23(8-13-29(24)35)21-33-27-14-17-34(4)18-15-27;1-2/h8-13,19-20,27,32-33H,5,14-18,21H2,1-4H3;1-2H3. The molecule has 1 fully saturated rings. The maximum Gasteiger partial charge on any atom is 0.0931 e. The maximum absolute atomic E-state index is 9.31. The van der Waals surface area contributed by atoms with Gasteiger partial charge in [-0.2, -0.15) is 5.26 Å². The van der Waals surface area contributed by atoms with Gasteiger partial charge in [0.25, 0.3) is 0 Å². The zero-order chi connectivity index (χ0) is 26.8. The Bertz CT molecular complexity index is 1240. The highest BCUT2D eigenvalue weighted by Crippen LogP contribution is 2.24. The molecule has 2 heterocycles. The van der Waals surface area contributed by atoms with Crippen LogP contribution in [0.1, 0.15) is 64.3 Å². The smallest absolute Gasteiger partial charge is 0.0931 e. The second-order valence-electron chi connectivity index (χ2n) is 10.1. The van der Waals surface area contributed by atoms with Crippen LogP contribution in [0, 0.1) is 23.2 Å². The first-order valence-corrected chi connectivity index (χ1v) is 13.7. The molecule has 1 aliphatic rings. The predicted octanol–water partition coefficient (Wildman–Crippen LogP) is 6.14. The summed E-state index contributed by atoms with van der Waals surface area (Å²) >= 11 is 0. The lowest BCUT2D eigenvalue weighted by molar-refractivity contribution is 0.234. The average Bonchev–Trinajstić information content (AvgIpc) is 3.28. The molecule has 3 aromatic rings. The molecule has 0 bridgehead atoms. The van der Waals surface area contributed by atoms with Crippen LogP contribution in [0.15, 0.2) is 48.5 Å². The second-order valence-corrected chi connectivity index (χ2v) is 10.1. The van der Waals surface area contributed by atoms with Crippen LogP contribution in [0.4, 0.5) is 5.69 Å². The first-order valence-electron chi connectivity index (χ1n) is 13.7. The summed E-state index contributed by atoms with van der Waals surface area (Å²) in [5.74, 6) is 6.64. The molecule has 1 saturated heterocycles. The highest BCUT2D eigenvalue weighted by atomic mass is 15.1. The number of aromatic nitrogens is 1. The molecule has 0 atom stereocenters. The van der Waals surface area contributed by atoms with Gasteiger partial charge in [0.15, 0.2) is 0 Å². The largest absolute Gasteiger partial charge is 0.374 e. The summed E-state index contributed by atoms with van der Waals surface area (Å²) in [6.45, 7) is 14.8. The highest BCUT2D eigenvalue weighted by Gasteiger charge is 2.19. The number of benzene rings is 2.